The number of H-pyrrole nitrogens is 1. The summed E-state index contributed by atoms with van der Waals surface area (Å²) >= 11 is 0. The number of nitrogens with two attached hydrogens (primary N) is 1. The number of anilines is 2. The second-order valence-electron chi connectivity index (χ2n) is 3.90. The molecule has 0 spiro atoms. The number of hydrogen-bond acceptors (Lipinski definition) is 3. The average molecular weight is 230 g/mol. The van der Waals surface area contributed by atoms with Gasteiger partial charge >= 0.3 is 0 Å². The van der Waals surface area contributed by atoms with Gasteiger partial charge in [-0.15, -0.1) is 0 Å². The highest BCUT2D eigenvalue weighted by Gasteiger charge is 2.13. The van der Waals surface area contributed by atoms with E-state index >= 15 is 0 Å². The molecule has 5 heteroatoms. The highest BCUT2D eigenvalue weighted by Crippen LogP contribution is 2.23. The van der Waals surface area contributed by atoms with Crippen LogP contribution in [0.25, 0.3) is 0 Å². The molecule has 1 aromatic carbocycles. The number of benzene rings is 1. The van der Waals surface area contributed by atoms with Crippen LogP contribution in [-0.4, -0.2) is 16.1 Å². The Balaban J connectivity index is 2.28. The van der Waals surface area contributed by atoms with Crippen molar-refractivity contribution in [3.8, 4) is 0 Å². The van der Waals surface area contributed by atoms with Gasteiger partial charge in [-0.2, -0.15) is 5.10 Å². The monoisotopic (exact) mass is 230 g/mol. The molecule has 1 amide bonds. The summed E-state index contributed by atoms with van der Waals surface area (Å²) in [6, 6.07) is 5.50. The minimum Gasteiger partial charge on any atom is -0.397 e. The number of amides is 1. The molecule has 0 aliphatic rings. The second kappa shape index (κ2) is 4.29. The third-order valence-electron chi connectivity index (χ3n) is 2.62. The summed E-state index contributed by atoms with van der Waals surface area (Å²) in [6.45, 7) is 3.69. The van der Waals surface area contributed by atoms with Gasteiger partial charge < -0.3 is 11.1 Å². The molecule has 4 N–H and O–H groups in total. The summed E-state index contributed by atoms with van der Waals surface area (Å²) < 4.78 is 0. The van der Waals surface area contributed by atoms with Gasteiger partial charge in [0.05, 0.1) is 23.1 Å². The molecule has 1 aromatic heterocycles. The first-order valence-electron chi connectivity index (χ1n) is 5.26. The molecule has 0 atom stereocenters. The van der Waals surface area contributed by atoms with Crippen molar-refractivity contribution in [1.29, 1.82) is 0 Å². The molecule has 2 aromatic rings. The fraction of sp³-hybridized carbons (Fsp3) is 0.167. The van der Waals surface area contributed by atoms with Crippen molar-refractivity contribution in [1.82, 2.24) is 10.2 Å². The fourth-order valence-electron chi connectivity index (χ4n) is 1.62. The van der Waals surface area contributed by atoms with Gasteiger partial charge in [0.1, 0.15) is 0 Å². The van der Waals surface area contributed by atoms with Crippen molar-refractivity contribution in [3.05, 3.63) is 41.2 Å². The molecule has 0 fully saturated rings. The lowest BCUT2D eigenvalue weighted by Gasteiger charge is -2.10. The predicted molar refractivity (Wildman–Crippen MR) is 66.9 cm³/mol. The number of nitrogens with zero attached hydrogens (tertiary/aromatic N) is 1. The summed E-state index contributed by atoms with van der Waals surface area (Å²) in [5, 5.41) is 9.33. The maximum atomic E-state index is 12.0. The number of nitrogen functional groups attached to an aromatic ring is 1. The van der Waals surface area contributed by atoms with Crippen LogP contribution < -0.4 is 11.1 Å². The number of para-hydroxylation sites is 1. The van der Waals surface area contributed by atoms with Gasteiger partial charge in [-0.25, -0.2) is 0 Å². The Labute approximate surface area is 99.0 Å². The molecule has 0 bridgehead atoms. The Morgan fingerprint density at radius 2 is 2.18 bits per heavy atom. The normalized spacial score (nSPS) is 10.2. The molecule has 2 rings (SSSR count). The third-order valence-corrected chi connectivity index (χ3v) is 2.62. The van der Waals surface area contributed by atoms with E-state index in [1.54, 1.807) is 13.0 Å². The van der Waals surface area contributed by atoms with Crippen LogP contribution in [0.1, 0.15) is 21.6 Å². The first-order valence-corrected chi connectivity index (χ1v) is 5.26. The number of rotatable bonds is 2. The van der Waals surface area contributed by atoms with E-state index in [9.17, 15) is 4.79 Å². The Morgan fingerprint density at radius 1 is 1.41 bits per heavy atom. The van der Waals surface area contributed by atoms with Crippen LogP contribution in [0.3, 0.4) is 0 Å². The van der Waals surface area contributed by atoms with Crippen molar-refractivity contribution in [3.63, 3.8) is 0 Å². The number of aromatic amines is 1. The molecule has 17 heavy (non-hydrogen) atoms. The molecule has 0 radical (unpaired) electrons. The van der Waals surface area contributed by atoms with Crippen molar-refractivity contribution in [2.45, 2.75) is 13.8 Å². The summed E-state index contributed by atoms with van der Waals surface area (Å²) in [5.74, 6) is -0.211. The predicted octanol–water partition coefficient (Wildman–Crippen LogP) is 1.86. The van der Waals surface area contributed by atoms with E-state index in [-0.39, 0.29) is 5.91 Å². The van der Waals surface area contributed by atoms with Crippen LogP contribution in [0.15, 0.2) is 24.4 Å². The summed E-state index contributed by atoms with van der Waals surface area (Å²) in [4.78, 5) is 12.0. The zero-order valence-corrected chi connectivity index (χ0v) is 9.74. The summed E-state index contributed by atoms with van der Waals surface area (Å²) in [6.07, 6.45) is 1.50. The lowest BCUT2D eigenvalue weighted by atomic mass is 10.1. The number of aryl methyl sites for hydroxylation is 2. The standard InChI is InChI=1S/C12H14N4O/c1-7-4-3-5-10(13)11(7)15-12(17)9-6-14-16-8(9)2/h3-6H,13H2,1-2H3,(H,14,16)(H,15,17). The molecule has 1 heterocycles. The number of nitrogens with one attached hydrogen (secondary N) is 2. The Morgan fingerprint density at radius 3 is 2.76 bits per heavy atom. The van der Waals surface area contributed by atoms with Crippen molar-refractivity contribution in [2.75, 3.05) is 11.1 Å². The van der Waals surface area contributed by atoms with Gasteiger partial charge in [0.15, 0.2) is 0 Å². The van der Waals surface area contributed by atoms with Crippen LogP contribution in [0.5, 0.6) is 0 Å². The van der Waals surface area contributed by atoms with Crippen molar-refractivity contribution >= 4 is 17.3 Å². The maximum Gasteiger partial charge on any atom is 0.259 e. The Bertz CT molecular complexity index is 539. The molecule has 5 nitrogen and oxygen atoms in total. The molecule has 0 aliphatic heterocycles. The minimum atomic E-state index is -0.211. The van der Waals surface area contributed by atoms with E-state index in [1.165, 1.54) is 6.20 Å². The smallest absolute Gasteiger partial charge is 0.259 e. The average Bonchev–Trinajstić information content (AvgIpc) is 2.70. The van der Waals surface area contributed by atoms with E-state index in [0.717, 1.165) is 11.3 Å². The Hall–Kier alpha value is -2.30. The van der Waals surface area contributed by atoms with E-state index < -0.39 is 0 Å². The molecule has 0 aliphatic carbocycles. The van der Waals surface area contributed by atoms with E-state index in [1.807, 2.05) is 19.1 Å². The minimum absolute atomic E-state index is 0.211. The van der Waals surface area contributed by atoms with Gasteiger partial charge in [0.25, 0.3) is 5.91 Å². The van der Waals surface area contributed by atoms with Crippen LogP contribution in [-0.2, 0) is 0 Å². The van der Waals surface area contributed by atoms with Crippen LogP contribution in [0.2, 0.25) is 0 Å². The van der Waals surface area contributed by atoms with Crippen LogP contribution in [0, 0.1) is 13.8 Å². The number of carbonyl (C=O) groups is 1. The quantitative estimate of drug-likeness (QED) is 0.688. The van der Waals surface area contributed by atoms with Crippen molar-refractivity contribution in [2.24, 2.45) is 0 Å². The highest BCUT2D eigenvalue weighted by molar-refractivity contribution is 6.06. The molecule has 0 saturated carbocycles. The first-order chi connectivity index (χ1) is 8.09. The lowest BCUT2D eigenvalue weighted by Crippen LogP contribution is -2.14. The SMILES string of the molecule is Cc1cccc(N)c1NC(=O)c1cn[nH]c1C. The van der Waals surface area contributed by atoms with Gasteiger partial charge in [-0.05, 0) is 25.5 Å². The zero-order chi connectivity index (χ0) is 12.4. The van der Waals surface area contributed by atoms with E-state index in [4.69, 9.17) is 5.73 Å². The fourth-order valence-corrected chi connectivity index (χ4v) is 1.62. The number of aromatic nitrogens is 2. The van der Waals surface area contributed by atoms with E-state index in [2.05, 4.69) is 15.5 Å². The summed E-state index contributed by atoms with van der Waals surface area (Å²) in [7, 11) is 0. The molecular formula is C12H14N4O. The first kappa shape index (κ1) is 11.2. The molecule has 0 saturated heterocycles. The van der Waals surface area contributed by atoms with Gasteiger partial charge in [0, 0.05) is 5.69 Å². The summed E-state index contributed by atoms with van der Waals surface area (Å²) in [5.41, 5.74) is 9.21. The number of hydrogen-bond donors (Lipinski definition) is 3. The zero-order valence-electron chi connectivity index (χ0n) is 9.74. The van der Waals surface area contributed by atoms with Crippen LogP contribution >= 0.6 is 0 Å². The maximum absolute atomic E-state index is 12.0. The third kappa shape index (κ3) is 2.13. The van der Waals surface area contributed by atoms with Crippen LogP contribution in [0.4, 0.5) is 11.4 Å². The Kier molecular flexibility index (Phi) is 2.82. The lowest BCUT2D eigenvalue weighted by molar-refractivity contribution is 0.102. The van der Waals surface area contributed by atoms with Crippen molar-refractivity contribution < 1.29 is 4.79 Å². The van der Waals surface area contributed by atoms with Gasteiger partial charge in [-0.1, -0.05) is 12.1 Å². The van der Waals surface area contributed by atoms with E-state index in [0.29, 0.717) is 16.9 Å². The topological polar surface area (TPSA) is 83.8 Å². The molecular weight excluding hydrogens is 216 g/mol. The van der Waals surface area contributed by atoms with Gasteiger partial charge in [-0.3, -0.25) is 9.89 Å². The largest absolute Gasteiger partial charge is 0.397 e. The molecule has 88 valence electrons. The highest BCUT2D eigenvalue weighted by atomic mass is 16.1. The van der Waals surface area contributed by atoms with Gasteiger partial charge in [0.2, 0.25) is 0 Å². The number of carbonyl (C=O) groups excluding carboxylic acids is 1. The molecule has 0 unspecified atom stereocenters. The second-order valence-corrected chi connectivity index (χ2v) is 3.90.